The summed E-state index contributed by atoms with van der Waals surface area (Å²) in [6, 6.07) is 12.6. The molecule has 2 aromatic carbocycles. The minimum absolute atomic E-state index is 0.00438. The zero-order valence-corrected chi connectivity index (χ0v) is 64.7. The summed E-state index contributed by atoms with van der Waals surface area (Å²) in [5.74, 6) is -7.04. The number of nitrogens with one attached hydrogen (secondary N) is 3. The van der Waals surface area contributed by atoms with Crippen LogP contribution < -0.4 is 49.8 Å². The summed E-state index contributed by atoms with van der Waals surface area (Å²) in [5.41, 5.74) is 29.7. The number of hydrogen-bond donors (Lipinski definition) is 9. The van der Waals surface area contributed by atoms with Gasteiger partial charge >= 0.3 is 0 Å². The highest BCUT2D eigenvalue weighted by Crippen LogP contribution is 2.18. The number of aliphatic imine (C=N–C) groups is 1. The average Bonchev–Trinajstić information content (AvgIpc) is 0.857. The maximum Gasteiger partial charge on any atom is 0.243 e. The Morgan fingerprint density at radius 2 is 0.935 bits per heavy atom. The first-order valence-electron chi connectivity index (χ1n) is 36.1. The number of primary amides is 1. The zero-order chi connectivity index (χ0) is 79.1. The molecule has 3 rings (SSSR count). The summed E-state index contributed by atoms with van der Waals surface area (Å²) >= 11 is 1.44. The highest BCUT2D eigenvalue weighted by molar-refractivity contribution is 7.98. The van der Waals surface area contributed by atoms with Gasteiger partial charge in [0.05, 0.1) is 83.7 Å². The Balaban J connectivity index is 1.94. The Morgan fingerprint density at radius 1 is 0.505 bits per heavy atom. The summed E-state index contributed by atoms with van der Waals surface area (Å²) in [6.45, 7) is -4.84. The fourth-order valence-corrected chi connectivity index (χ4v) is 12.3. The second-order valence-electron chi connectivity index (χ2n) is 25.9. The van der Waals surface area contributed by atoms with Crippen molar-refractivity contribution in [3.8, 4) is 0 Å². The molecule has 1 fully saturated rings. The summed E-state index contributed by atoms with van der Waals surface area (Å²) in [5, 5.41) is 13.9. The Kier molecular flexibility index (Phi) is 45.9. The molecule has 1 aliphatic rings. The number of carbonyl (C=O) groups is 11. The highest BCUT2D eigenvalue weighted by Gasteiger charge is 2.33. The minimum Gasteiger partial charge on any atom is -0.383 e. The summed E-state index contributed by atoms with van der Waals surface area (Å²) < 4.78 is 45.3. The number of rotatable bonds is 56. The van der Waals surface area contributed by atoms with Gasteiger partial charge in [-0.05, 0) is 113 Å². The molecule has 0 aromatic heterocycles. The third kappa shape index (κ3) is 37.5. The molecular formula is C70H118N18O17S2. The smallest absolute Gasteiger partial charge is 0.243 e. The molecule has 35 nitrogen and oxygen atoms in total. The van der Waals surface area contributed by atoms with Crippen LogP contribution in [0.2, 0.25) is 0 Å². The lowest BCUT2D eigenvalue weighted by atomic mass is 9.95. The van der Waals surface area contributed by atoms with Crippen molar-refractivity contribution in [3.05, 3.63) is 65.7 Å². The molecule has 0 heterocycles. The lowest BCUT2D eigenvalue weighted by Gasteiger charge is -2.33. The number of thioether (sulfide) groups is 1. The molecule has 0 bridgehead atoms. The van der Waals surface area contributed by atoms with Crippen molar-refractivity contribution in [3.63, 3.8) is 0 Å². The predicted molar refractivity (Wildman–Crippen MR) is 404 cm³/mol. The SMILES string of the molecule is COCCN(CC(=O)N[C@@H](CCCN=C(N)N)C(=O)N[C@@H](CCSC)C(N)=O)C(=O)CN(CCOC)C(=O)CN(CCOC)C(=O)CN(CCOC)C(=O)CN(CCCCN)C(=O)CN(Cc1ccccc1)C(=O)CN(CCCCN)C(=O)CN(CCc1ccc(S(N)(=O)=O)cc1)C(=O)CNC1CCCCC1. The minimum atomic E-state index is -3.97. The summed E-state index contributed by atoms with van der Waals surface area (Å²) in [6.07, 6.45) is 9.13. The molecule has 37 heteroatoms. The number of methoxy groups -OCH3 is 4. The van der Waals surface area contributed by atoms with Gasteiger partial charge in [-0.2, -0.15) is 11.8 Å². The number of ether oxygens (including phenoxy) is 4. The number of nitrogens with zero attached hydrogens (tertiary/aromatic N) is 9. The van der Waals surface area contributed by atoms with Crippen LogP contribution in [0.3, 0.4) is 0 Å². The average molecular weight is 1550 g/mol. The van der Waals surface area contributed by atoms with Crippen LogP contribution in [-0.4, -0.2) is 328 Å². The van der Waals surface area contributed by atoms with Crippen LogP contribution in [0.5, 0.6) is 0 Å². The van der Waals surface area contributed by atoms with Crippen molar-refractivity contribution in [2.24, 2.45) is 38.8 Å². The van der Waals surface area contributed by atoms with E-state index in [1.165, 1.54) is 76.8 Å². The Hall–Kier alpha value is -8.14. The molecule has 2 aromatic rings. The van der Waals surface area contributed by atoms with Gasteiger partial charge in [-0.15, -0.1) is 0 Å². The molecule has 1 saturated carbocycles. The van der Waals surface area contributed by atoms with E-state index in [9.17, 15) is 61.2 Å². The van der Waals surface area contributed by atoms with Crippen molar-refractivity contribution < 1.29 is 80.1 Å². The van der Waals surface area contributed by atoms with E-state index in [2.05, 4.69) is 20.9 Å². The maximum absolute atomic E-state index is 15.0. The molecule has 0 unspecified atom stereocenters. The van der Waals surface area contributed by atoms with E-state index in [4.69, 9.17) is 52.8 Å². The van der Waals surface area contributed by atoms with Crippen LogP contribution in [0.4, 0.5) is 0 Å². The number of nitrogens with two attached hydrogens (primary N) is 6. The van der Waals surface area contributed by atoms with Crippen LogP contribution in [0.1, 0.15) is 88.2 Å². The lowest BCUT2D eigenvalue weighted by Crippen LogP contribution is -2.55. The molecule has 0 radical (unpaired) electrons. The number of guanidine groups is 1. The van der Waals surface area contributed by atoms with Crippen LogP contribution in [-0.2, 0) is 94.7 Å². The van der Waals surface area contributed by atoms with E-state index in [0.29, 0.717) is 42.6 Å². The van der Waals surface area contributed by atoms with Gasteiger partial charge in [0.15, 0.2) is 5.96 Å². The molecule has 11 amide bonds. The fraction of sp³-hybridized carbons (Fsp3) is 0.657. The van der Waals surface area contributed by atoms with E-state index in [-0.39, 0.29) is 153 Å². The van der Waals surface area contributed by atoms with E-state index >= 15 is 0 Å². The lowest BCUT2D eigenvalue weighted by molar-refractivity contribution is -0.149. The van der Waals surface area contributed by atoms with Crippen molar-refractivity contribution >= 4 is 92.7 Å². The molecule has 15 N–H and O–H groups in total. The Labute approximate surface area is 633 Å². The number of benzene rings is 2. The first kappa shape index (κ1) is 93.1. The first-order chi connectivity index (χ1) is 51.2. The van der Waals surface area contributed by atoms with Crippen LogP contribution in [0.15, 0.2) is 64.5 Å². The number of sulfonamides is 1. The second-order valence-corrected chi connectivity index (χ2v) is 28.4. The second kappa shape index (κ2) is 52.8. The molecular weight excluding hydrogens is 1430 g/mol. The predicted octanol–water partition coefficient (Wildman–Crippen LogP) is -3.05. The van der Waals surface area contributed by atoms with Crippen LogP contribution in [0, 0.1) is 0 Å². The van der Waals surface area contributed by atoms with E-state index in [0.717, 1.165) is 46.8 Å². The topological polar surface area (TPSA) is 489 Å². The van der Waals surface area contributed by atoms with Gasteiger partial charge in [-0.1, -0.05) is 61.7 Å². The van der Waals surface area contributed by atoms with Gasteiger partial charge in [-0.3, -0.25) is 57.7 Å². The maximum atomic E-state index is 15.0. The molecule has 0 aliphatic heterocycles. The van der Waals surface area contributed by atoms with Gasteiger partial charge in [0.25, 0.3) is 0 Å². The summed E-state index contributed by atoms with van der Waals surface area (Å²) in [4.78, 5) is 170. The largest absolute Gasteiger partial charge is 0.383 e. The third-order valence-electron chi connectivity index (χ3n) is 17.6. The zero-order valence-electron chi connectivity index (χ0n) is 63.0. The van der Waals surface area contributed by atoms with Gasteiger partial charge in [0.2, 0.25) is 75.0 Å². The van der Waals surface area contributed by atoms with Gasteiger partial charge in [0, 0.05) is 93.4 Å². The molecule has 0 spiro atoms. The Bertz CT molecular complexity index is 3210. The van der Waals surface area contributed by atoms with Gasteiger partial charge < -0.3 is 103 Å². The number of amides is 11. The number of unbranched alkanes of at least 4 members (excludes halogenated alkanes) is 2. The monoisotopic (exact) mass is 1550 g/mol. The highest BCUT2D eigenvalue weighted by atomic mass is 32.2. The van der Waals surface area contributed by atoms with E-state index < -0.39 is 134 Å². The molecule has 602 valence electrons. The van der Waals surface area contributed by atoms with Crippen molar-refractivity contribution in [1.29, 1.82) is 0 Å². The molecule has 1 aliphatic carbocycles. The van der Waals surface area contributed by atoms with E-state index in [1.54, 1.807) is 42.5 Å². The van der Waals surface area contributed by atoms with E-state index in [1.807, 2.05) is 6.26 Å². The van der Waals surface area contributed by atoms with Crippen molar-refractivity contribution in [2.45, 2.75) is 113 Å². The molecule has 107 heavy (non-hydrogen) atoms. The number of carbonyl (C=O) groups excluding carboxylic acids is 11. The van der Waals surface area contributed by atoms with Crippen LogP contribution >= 0.6 is 11.8 Å². The van der Waals surface area contributed by atoms with Crippen LogP contribution in [0.25, 0.3) is 0 Å². The van der Waals surface area contributed by atoms with Gasteiger partial charge in [-0.25, -0.2) is 13.6 Å². The quantitative estimate of drug-likeness (QED) is 0.0180. The molecule has 2 atom stereocenters. The fourth-order valence-electron chi connectivity index (χ4n) is 11.4. The molecule has 0 saturated heterocycles. The van der Waals surface area contributed by atoms with Crippen molar-refractivity contribution in [1.82, 2.24) is 55.1 Å². The van der Waals surface area contributed by atoms with Crippen molar-refractivity contribution in [2.75, 3.05) is 191 Å². The summed E-state index contributed by atoms with van der Waals surface area (Å²) in [7, 11) is 1.56. The number of hydrogen-bond acceptors (Lipinski definition) is 22. The third-order valence-corrected chi connectivity index (χ3v) is 19.2. The van der Waals surface area contributed by atoms with Gasteiger partial charge in [0.1, 0.15) is 18.6 Å². The first-order valence-corrected chi connectivity index (χ1v) is 39.1. The Morgan fingerprint density at radius 3 is 1.36 bits per heavy atom. The standard InChI is InChI=1S/C70H118N18O17S2/c1-102-38-34-84(45-59(89)79-58(21-16-30-77-70(74)75)69(99)80-57(68(73)98)27-42-106-5)62(92)48-85(35-39-103-2)64(94)50-87(37-41-105-4)65(95)49-86(36-40-104-3)63(93)46-81(31-14-12-28-71)66(96)52-88(44-54-17-8-6-9-18-54)67(97)51-82(32-15-13-29-72)61(91)47-83(60(90)43-78-55-19-10-7-11-20-55)33-26-53-22-24-56(25-23-53)107(76,100)101/h6,8-9,17-18,22-25,55,57-58,78H,7,10-16,19-21,26-52,71-72H2,1-5H3,(H2,73,98)(H,79,89)(H,80,99)(H4,74,75,77)(H2,76,100,101)/t57-,58-/m0/s1. The number of primary sulfonamides is 1. The normalized spacial score (nSPS) is 12.7.